The summed E-state index contributed by atoms with van der Waals surface area (Å²) in [6.07, 6.45) is 0. The Morgan fingerprint density at radius 2 is 2.21 bits per heavy atom. The van der Waals surface area contributed by atoms with Crippen molar-refractivity contribution in [1.29, 1.82) is 0 Å². The van der Waals surface area contributed by atoms with Gasteiger partial charge in [0.1, 0.15) is 0 Å². The zero-order valence-electron chi connectivity index (χ0n) is 10.8. The molecule has 0 spiro atoms. The molecule has 3 N–H and O–H groups in total. The molecule has 0 bridgehead atoms. The fourth-order valence-electron chi connectivity index (χ4n) is 2.30. The summed E-state index contributed by atoms with van der Waals surface area (Å²) in [6, 6.07) is 6.61. The zero-order valence-corrected chi connectivity index (χ0v) is 10.8. The van der Waals surface area contributed by atoms with Gasteiger partial charge in [-0.2, -0.15) is 0 Å². The third-order valence-electron chi connectivity index (χ3n) is 3.49. The molecule has 5 nitrogen and oxygen atoms in total. The van der Waals surface area contributed by atoms with E-state index in [4.69, 9.17) is 5.11 Å². The number of hydrogen-bond donors (Lipinski definition) is 3. The van der Waals surface area contributed by atoms with Crippen LogP contribution in [-0.4, -0.2) is 30.1 Å². The molecule has 0 aliphatic carbocycles. The first-order valence-electron chi connectivity index (χ1n) is 6.38. The van der Waals surface area contributed by atoms with Crippen molar-refractivity contribution in [2.75, 3.05) is 13.1 Å². The minimum Gasteiger partial charge on any atom is -0.478 e. The Hall–Kier alpha value is -1.88. The highest BCUT2D eigenvalue weighted by molar-refractivity contribution is 5.87. The average Bonchev–Trinajstić information content (AvgIpc) is 2.82. The van der Waals surface area contributed by atoms with E-state index in [1.165, 1.54) is 6.07 Å². The number of amides is 1. The highest BCUT2D eigenvalue weighted by Gasteiger charge is 2.29. The minimum absolute atomic E-state index is 0.00246. The largest absolute Gasteiger partial charge is 0.478 e. The fraction of sp³-hybridized carbons (Fsp3) is 0.429. The van der Waals surface area contributed by atoms with Crippen LogP contribution in [0, 0.1) is 11.8 Å². The molecular weight excluding hydrogens is 244 g/mol. The topological polar surface area (TPSA) is 78.4 Å². The van der Waals surface area contributed by atoms with Gasteiger partial charge in [-0.05, 0) is 30.2 Å². The van der Waals surface area contributed by atoms with Crippen molar-refractivity contribution >= 4 is 11.9 Å². The summed E-state index contributed by atoms with van der Waals surface area (Å²) < 4.78 is 0. The van der Waals surface area contributed by atoms with E-state index in [0.717, 1.165) is 12.1 Å². The van der Waals surface area contributed by atoms with Crippen LogP contribution in [0.1, 0.15) is 22.8 Å². The molecule has 0 radical (unpaired) electrons. The van der Waals surface area contributed by atoms with Crippen LogP contribution < -0.4 is 10.6 Å². The lowest BCUT2D eigenvalue weighted by Crippen LogP contribution is -2.33. The summed E-state index contributed by atoms with van der Waals surface area (Å²) in [5.41, 5.74) is 1.04. The molecule has 2 atom stereocenters. The summed E-state index contributed by atoms with van der Waals surface area (Å²) in [4.78, 5) is 22.8. The summed E-state index contributed by atoms with van der Waals surface area (Å²) in [7, 11) is 0. The fourth-order valence-corrected chi connectivity index (χ4v) is 2.30. The maximum atomic E-state index is 12.0. The molecule has 1 aromatic carbocycles. The number of carboxylic acids is 1. The van der Waals surface area contributed by atoms with Crippen molar-refractivity contribution in [2.45, 2.75) is 13.5 Å². The van der Waals surface area contributed by atoms with Crippen LogP contribution in [0.15, 0.2) is 24.3 Å². The molecule has 5 heteroatoms. The van der Waals surface area contributed by atoms with Gasteiger partial charge in [-0.15, -0.1) is 0 Å². The predicted octanol–water partition coefficient (Wildman–Crippen LogP) is 0.856. The van der Waals surface area contributed by atoms with Gasteiger partial charge in [0.05, 0.1) is 11.5 Å². The van der Waals surface area contributed by atoms with E-state index in [0.29, 0.717) is 19.0 Å². The lowest BCUT2D eigenvalue weighted by atomic mass is 9.97. The van der Waals surface area contributed by atoms with Crippen molar-refractivity contribution in [3.05, 3.63) is 35.4 Å². The van der Waals surface area contributed by atoms with E-state index in [-0.39, 0.29) is 17.4 Å². The number of aromatic carboxylic acids is 1. The van der Waals surface area contributed by atoms with Crippen LogP contribution in [0.2, 0.25) is 0 Å². The Bertz CT molecular complexity index is 487. The SMILES string of the molecule is C[C@@H]1CNC[C@H]1C(=O)NCc1cccc(C(=O)O)c1. The molecule has 0 unspecified atom stereocenters. The van der Waals surface area contributed by atoms with Crippen molar-refractivity contribution in [3.8, 4) is 0 Å². The molecule has 102 valence electrons. The third-order valence-corrected chi connectivity index (χ3v) is 3.49. The normalized spacial score (nSPS) is 22.2. The van der Waals surface area contributed by atoms with Gasteiger partial charge in [0.2, 0.25) is 5.91 Å². The van der Waals surface area contributed by atoms with E-state index < -0.39 is 5.97 Å². The Morgan fingerprint density at radius 1 is 1.42 bits per heavy atom. The summed E-state index contributed by atoms with van der Waals surface area (Å²) in [5.74, 6) is -0.590. The third kappa shape index (κ3) is 3.32. The Kier molecular flexibility index (Phi) is 4.16. The van der Waals surface area contributed by atoms with E-state index >= 15 is 0 Å². The molecule has 0 saturated carbocycles. The van der Waals surface area contributed by atoms with Gasteiger partial charge in [0.15, 0.2) is 0 Å². The first-order chi connectivity index (χ1) is 9.08. The van der Waals surface area contributed by atoms with Crippen molar-refractivity contribution in [2.24, 2.45) is 11.8 Å². The van der Waals surface area contributed by atoms with Gasteiger partial charge < -0.3 is 15.7 Å². The monoisotopic (exact) mass is 262 g/mol. The molecule has 1 heterocycles. The predicted molar refractivity (Wildman–Crippen MR) is 70.8 cm³/mol. The Balaban J connectivity index is 1.93. The molecule has 2 rings (SSSR count). The van der Waals surface area contributed by atoms with Gasteiger partial charge in [0.25, 0.3) is 0 Å². The van der Waals surface area contributed by atoms with Crippen LogP contribution >= 0.6 is 0 Å². The number of carbonyl (C=O) groups excluding carboxylic acids is 1. The standard InChI is InChI=1S/C14H18N2O3/c1-9-6-15-8-12(9)13(17)16-7-10-3-2-4-11(5-10)14(18)19/h2-5,9,12,15H,6-8H2,1H3,(H,16,17)(H,18,19)/t9-,12-/m1/s1. The summed E-state index contributed by atoms with van der Waals surface area (Å²) in [5, 5.41) is 15.0. The number of benzene rings is 1. The minimum atomic E-state index is -0.957. The second kappa shape index (κ2) is 5.84. The smallest absolute Gasteiger partial charge is 0.335 e. The lowest BCUT2D eigenvalue weighted by Gasteiger charge is -2.14. The van der Waals surface area contributed by atoms with Crippen LogP contribution in [0.5, 0.6) is 0 Å². The quantitative estimate of drug-likeness (QED) is 0.752. The van der Waals surface area contributed by atoms with E-state index in [1.54, 1.807) is 12.1 Å². The Labute approximate surface area is 112 Å². The number of nitrogens with one attached hydrogen (secondary N) is 2. The van der Waals surface area contributed by atoms with E-state index in [1.807, 2.05) is 6.07 Å². The lowest BCUT2D eigenvalue weighted by molar-refractivity contribution is -0.125. The van der Waals surface area contributed by atoms with Gasteiger partial charge >= 0.3 is 5.97 Å². The first kappa shape index (κ1) is 13.5. The molecular formula is C14H18N2O3. The van der Waals surface area contributed by atoms with Crippen molar-refractivity contribution in [3.63, 3.8) is 0 Å². The number of rotatable bonds is 4. The molecule has 1 aliphatic heterocycles. The molecule has 1 aliphatic rings. The van der Waals surface area contributed by atoms with Crippen LogP contribution in [0.4, 0.5) is 0 Å². The van der Waals surface area contributed by atoms with Crippen molar-refractivity contribution < 1.29 is 14.7 Å². The summed E-state index contributed by atoms with van der Waals surface area (Å²) in [6.45, 7) is 3.99. The first-order valence-corrected chi connectivity index (χ1v) is 6.38. The van der Waals surface area contributed by atoms with E-state index in [2.05, 4.69) is 17.6 Å². The number of carboxylic acid groups (broad SMARTS) is 1. The maximum Gasteiger partial charge on any atom is 0.335 e. The van der Waals surface area contributed by atoms with Gasteiger partial charge in [-0.1, -0.05) is 19.1 Å². The van der Waals surface area contributed by atoms with Gasteiger partial charge in [0, 0.05) is 13.1 Å². The zero-order chi connectivity index (χ0) is 13.8. The molecule has 19 heavy (non-hydrogen) atoms. The highest BCUT2D eigenvalue weighted by atomic mass is 16.4. The van der Waals surface area contributed by atoms with Crippen LogP contribution in [0.3, 0.4) is 0 Å². The van der Waals surface area contributed by atoms with E-state index in [9.17, 15) is 9.59 Å². The molecule has 1 amide bonds. The average molecular weight is 262 g/mol. The number of hydrogen-bond acceptors (Lipinski definition) is 3. The van der Waals surface area contributed by atoms with Gasteiger partial charge in [-0.25, -0.2) is 4.79 Å². The molecule has 1 fully saturated rings. The second-order valence-corrected chi connectivity index (χ2v) is 4.97. The highest BCUT2D eigenvalue weighted by Crippen LogP contribution is 2.16. The maximum absolute atomic E-state index is 12.0. The van der Waals surface area contributed by atoms with Crippen LogP contribution in [-0.2, 0) is 11.3 Å². The second-order valence-electron chi connectivity index (χ2n) is 4.97. The summed E-state index contributed by atoms with van der Waals surface area (Å²) >= 11 is 0. The van der Waals surface area contributed by atoms with Crippen LogP contribution in [0.25, 0.3) is 0 Å². The molecule has 1 aromatic rings. The number of carbonyl (C=O) groups is 2. The van der Waals surface area contributed by atoms with Gasteiger partial charge in [-0.3, -0.25) is 4.79 Å². The molecule has 1 saturated heterocycles. The van der Waals surface area contributed by atoms with Crippen molar-refractivity contribution in [1.82, 2.24) is 10.6 Å². The molecule has 0 aromatic heterocycles. The Morgan fingerprint density at radius 3 is 2.84 bits per heavy atom.